The summed E-state index contributed by atoms with van der Waals surface area (Å²) in [7, 11) is 0. The van der Waals surface area contributed by atoms with Crippen LogP contribution in [0.1, 0.15) is 26.3 Å². The van der Waals surface area contributed by atoms with Crippen LogP contribution < -0.4 is 10.2 Å². The SMILES string of the molecule is CC(C)(C)c1ccc(-c2oc3ccc(Cl)cc3c(=O)c2OCC(=O)N2CCOCC2)cc1. The summed E-state index contributed by atoms with van der Waals surface area (Å²) in [5.74, 6) is 0.0952. The lowest BCUT2D eigenvalue weighted by Gasteiger charge is -2.26. The highest BCUT2D eigenvalue weighted by Crippen LogP contribution is 2.33. The lowest BCUT2D eigenvalue weighted by molar-refractivity contribution is -0.137. The normalized spacial score (nSPS) is 14.6. The van der Waals surface area contributed by atoms with Gasteiger partial charge in [-0.3, -0.25) is 9.59 Å². The average molecular weight is 456 g/mol. The van der Waals surface area contributed by atoms with E-state index in [2.05, 4.69) is 20.8 Å². The van der Waals surface area contributed by atoms with E-state index in [1.54, 1.807) is 23.1 Å². The third-order valence-corrected chi connectivity index (χ3v) is 5.76. The first kappa shape index (κ1) is 22.4. The number of benzene rings is 2. The summed E-state index contributed by atoms with van der Waals surface area (Å²) >= 11 is 6.09. The molecule has 6 nitrogen and oxygen atoms in total. The molecule has 1 fully saturated rings. The van der Waals surface area contributed by atoms with Crippen molar-refractivity contribution < 1.29 is 18.7 Å². The standard InChI is InChI=1S/C25H26ClNO5/c1-25(2,3)17-6-4-16(5-7-17)23-24(31-15-21(28)27-10-12-30-13-11-27)22(29)19-14-18(26)8-9-20(19)32-23/h4-9,14H,10-13,15H2,1-3H3. The molecule has 7 heteroatoms. The molecule has 0 bridgehead atoms. The second-order valence-corrected chi connectivity index (χ2v) is 9.28. The first-order valence-corrected chi connectivity index (χ1v) is 11.0. The van der Waals surface area contributed by atoms with Gasteiger partial charge in [-0.15, -0.1) is 0 Å². The summed E-state index contributed by atoms with van der Waals surface area (Å²) in [6.45, 7) is 8.14. The van der Waals surface area contributed by atoms with E-state index in [1.165, 1.54) is 0 Å². The summed E-state index contributed by atoms with van der Waals surface area (Å²) in [4.78, 5) is 27.6. The molecule has 0 atom stereocenters. The highest BCUT2D eigenvalue weighted by atomic mass is 35.5. The number of morpholine rings is 1. The molecule has 1 aliphatic heterocycles. The van der Waals surface area contributed by atoms with E-state index in [1.807, 2.05) is 24.3 Å². The van der Waals surface area contributed by atoms with E-state index in [0.29, 0.717) is 53.6 Å². The van der Waals surface area contributed by atoms with Gasteiger partial charge in [-0.2, -0.15) is 0 Å². The lowest BCUT2D eigenvalue weighted by Crippen LogP contribution is -2.43. The van der Waals surface area contributed by atoms with Gasteiger partial charge in [-0.05, 0) is 29.2 Å². The molecule has 0 saturated carbocycles. The Morgan fingerprint density at radius 3 is 2.44 bits per heavy atom. The fraction of sp³-hybridized carbons (Fsp3) is 0.360. The molecule has 1 aromatic heterocycles. The molecule has 1 saturated heterocycles. The van der Waals surface area contributed by atoms with Crippen LogP contribution in [0.4, 0.5) is 0 Å². The number of rotatable bonds is 4. The first-order valence-electron chi connectivity index (χ1n) is 10.6. The summed E-state index contributed by atoms with van der Waals surface area (Å²) in [6.07, 6.45) is 0. The number of hydrogen-bond acceptors (Lipinski definition) is 5. The molecular weight excluding hydrogens is 430 g/mol. The van der Waals surface area contributed by atoms with Crippen molar-refractivity contribution in [2.45, 2.75) is 26.2 Å². The number of halogens is 1. The zero-order chi connectivity index (χ0) is 22.9. The van der Waals surface area contributed by atoms with Crippen LogP contribution in [0.15, 0.2) is 51.7 Å². The Labute approximate surface area is 191 Å². The molecule has 0 N–H and O–H groups in total. The molecule has 1 amide bonds. The maximum Gasteiger partial charge on any atom is 0.260 e. The van der Waals surface area contributed by atoms with Gasteiger partial charge in [0.25, 0.3) is 5.91 Å². The highest BCUT2D eigenvalue weighted by molar-refractivity contribution is 6.31. The van der Waals surface area contributed by atoms with Crippen molar-refractivity contribution in [3.63, 3.8) is 0 Å². The summed E-state index contributed by atoms with van der Waals surface area (Å²) in [5, 5.41) is 0.726. The van der Waals surface area contributed by atoms with Crippen molar-refractivity contribution in [3.05, 3.63) is 63.3 Å². The van der Waals surface area contributed by atoms with Crippen LogP contribution in [-0.4, -0.2) is 43.7 Å². The van der Waals surface area contributed by atoms with E-state index >= 15 is 0 Å². The van der Waals surface area contributed by atoms with Gasteiger partial charge in [0, 0.05) is 23.7 Å². The largest absolute Gasteiger partial charge is 0.476 e. The van der Waals surface area contributed by atoms with Crippen LogP contribution in [-0.2, 0) is 14.9 Å². The van der Waals surface area contributed by atoms with Gasteiger partial charge in [0.15, 0.2) is 12.4 Å². The maximum absolute atomic E-state index is 13.3. The van der Waals surface area contributed by atoms with Crippen LogP contribution in [0.3, 0.4) is 0 Å². The van der Waals surface area contributed by atoms with Gasteiger partial charge in [-0.25, -0.2) is 0 Å². The number of carbonyl (C=O) groups excluding carboxylic acids is 1. The van der Waals surface area contributed by atoms with E-state index < -0.39 is 0 Å². The van der Waals surface area contributed by atoms with Gasteiger partial charge < -0.3 is 18.8 Å². The minimum absolute atomic E-state index is 0.00452. The second kappa shape index (κ2) is 8.96. The average Bonchev–Trinajstić information content (AvgIpc) is 2.78. The Balaban J connectivity index is 1.74. The summed E-state index contributed by atoms with van der Waals surface area (Å²) in [5.41, 5.74) is 1.88. The molecular formula is C25H26ClNO5. The van der Waals surface area contributed by atoms with Gasteiger partial charge in [-0.1, -0.05) is 56.6 Å². The Hall–Kier alpha value is -2.83. The third-order valence-electron chi connectivity index (χ3n) is 5.53. The molecule has 3 aromatic rings. The fourth-order valence-electron chi connectivity index (χ4n) is 3.63. The highest BCUT2D eigenvalue weighted by Gasteiger charge is 2.22. The molecule has 168 valence electrons. The lowest BCUT2D eigenvalue weighted by atomic mass is 9.86. The van der Waals surface area contributed by atoms with Crippen molar-refractivity contribution in [1.82, 2.24) is 4.90 Å². The Morgan fingerprint density at radius 2 is 1.78 bits per heavy atom. The second-order valence-electron chi connectivity index (χ2n) is 8.84. The van der Waals surface area contributed by atoms with E-state index in [9.17, 15) is 9.59 Å². The van der Waals surface area contributed by atoms with Gasteiger partial charge in [0.2, 0.25) is 11.2 Å². The Bertz CT molecular complexity index is 1190. The van der Waals surface area contributed by atoms with Crippen LogP contribution in [0, 0.1) is 0 Å². The smallest absolute Gasteiger partial charge is 0.260 e. The Morgan fingerprint density at radius 1 is 1.09 bits per heavy atom. The molecule has 2 heterocycles. The van der Waals surface area contributed by atoms with E-state index in [-0.39, 0.29) is 29.1 Å². The zero-order valence-corrected chi connectivity index (χ0v) is 19.2. The molecule has 2 aromatic carbocycles. The van der Waals surface area contributed by atoms with Crippen LogP contribution in [0.25, 0.3) is 22.3 Å². The summed E-state index contributed by atoms with van der Waals surface area (Å²) < 4.78 is 17.2. The van der Waals surface area contributed by atoms with Gasteiger partial charge in [0.1, 0.15) is 5.58 Å². The maximum atomic E-state index is 13.3. The van der Waals surface area contributed by atoms with Crippen LogP contribution in [0.5, 0.6) is 5.75 Å². The zero-order valence-electron chi connectivity index (χ0n) is 18.4. The topological polar surface area (TPSA) is 69.0 Å². The molecule has 1 aliphatic rings. The monoisotopic (exact) mass is 455 g/mol. The van der Waals surface area contributed by atoms with E-state index in [0.717, 1.165) is 5.56 Å². The molecule has 0 radical (unpaired) electrons. The van der Waals surface area contributed by atoms with Crippen molar-refractivity contribution in [1.29, 1.82) is 0 Å². The van der Waals surface area contributed by atoms with Gasteiger partial charge >= 0.3 is 0 Å². The molecule has 0 aliphatic carbocycles. The van der Waals surface area contributed by atoms with Gasteiger partial charge in [0.05, 0.1) is 18.6 Å². The van der Waals surface area contributed by atoms with Crippen molar-refractivity contribution >= 4 is 28.5 Å². The predicted molar refractivity (Wildman–Crippen MR) is 125 cm³/mol. The number of ether oxygens (including phenoxy) is 2. The molecule has 0 unspecified atom stereocenters. The van der Waals surface area contributed by atoms with Crippen LogP contribution in [0.2, 0.25) is 5.02 Å². The number of carbonyl (C=O) groups is 1. The molecule has 32 heavy (non-hydrogen) atoms. The van der Waals surface area contributed by atoms with Crippen molar-refractivity contribution in [2.75, 3.05) is 32.9 Å². The summed E-state index contributed by atoms with van der Waals surface area (Å²) in [6, 6.07) is 12.7. The third kappa shape index (κ3) is 4.66. The van der Waals surface area contributed by atoms with Crippen molar-refractivity contribution in [2.24, 2.45) is 0 Å². The minimum atomic E-state index is -0.363. The van der Waals surface area contributed by atoms with Crippen LogP contribution >= 0.6 is 11.6 Å². The minimum Gasteiger partial charge on any atom is -0.476 e. The molecule has 4 rings (SSSR count). The number of nitrogens with zero attached hydrogens (tertiary/aromatic N) is 1. The van der Waals surface area contributed by atoms with Crippen molar-refractivity contribution in [3.8, 4) is 17.1 Å². The number of hydrogen-bond donors (Lipinski definition) is 0. The number of fused-ring (bicyclic) bond motifs is 1. The predicted octanol–water partition coefficient (Wildman–Crippen LogP) is 4.65. The Kier molecular flexibility index (Phi) is 6.26. The first-order chi connectivity index (χ1) is 15.2. The quantitative estimate of drug-likeness (QED) is 0.572. The molecule has 0 spiro atoms. The number of amides is 1. The van der Waals surface area contributed by atoms with E-state index in [4.69, 9.17) is 25.5 Å². The fourth-order valence-corrected chi connectivity index (χ4v) is 3.80.